The average Bonchev–Trinajstić information content (AvgIpc) is 1.68. The lowest BCUT2D eigenvalue weighted by Crippen LogP contribution is -2.47. The number of aromatic amines is 3. The van der Waals surface area contributed by atoms with Gasteiger partial charge >= 0.3 is 0 Å². The van der Waals surface area contributed by atoms with Crippen molar-refractivity contribution in [3.05, 3.63) is 265 Å². The van der Waals surface area contributed by atoms with Gasteiger partial charge in [0.15, 0.2) is 0 Å². The number of carbonyl (C=O) groups excluding carboxylic acids is 4. The van der Waals surface area contributed by atoms with Crippen molar-refractivity contribution < 1.29 is 19.2 Å². The third-order valence-corrected chi connectivity index (χ3v) is 22.3. The van der Waals surface area contributed by atoms with Gasteiger partial charge in [0, 0.05) is 202 Å². The number of rotatable bonds is 17. The summed E-state index contributed by atoms with van der Waals surface area (Å²) in [6, 6.07) is 59.9. The molecule has 0 spiro atoms. The van der Waals surface area contributed by atoms with Gasteiger partial charge in [0.25, 0.3) is 23.6 Å². The molecule has 0 bridgehead atoms. The van der Waals surface area contributed by atoms with Gasteiger partial charge in [-0.3, -0.25) is 39.1 Å². The third-order valence-electron chi connectivity index (χ3n) is 21.2. The van der Waals surface area contributed by atoms with Crippen LogP contribution in [0.5, 0.6) is 0 Å². The van der Waals surface area contributed by atoms with E-state index >= 15 is 0 Å². The first-order chi connectivity index (χ1) is 59.9. The molecule has 15 heterocycles. The van der Waals surface area contributed by atoms with Crippen molar-refractivity contribution in [2.45, 2.75) is 19.8 Å². The van der Waals surface area contributed by atoms with E-state index in [0.717, 1.165) is 195 Å². The predicted molar refractivity (Wildman–Crippen MR) is 483 cm³/mol. The molecule has 30 nitrogen and oxygen atoms in total. The maximum atomic E-state index is 12.9. The van der Waals surface area contributed by atoms with E-state index in [1.54, 1.807) is 73.7 Å². The summed E-state index contributed by atoms with van der Waals surface area (Å²) in [4.78, 5) is 128. The van der Waals surface area contributed by atoms with Crippen LogP contribution in [-0.4, -0.2) is 246 Å². The highest BCUT2D eigenvalue weighted by molar-refractivity contribution is 7.20. The summed E-state index contributed by atoms with van der Waals surface area (Å²) in [6.07, 6.45) is 13.9. The molecule has 12 aromatic heterocycles. The Hall–Kier alpha value is -14.7. The molecule has 3 aliphatic heterocycles. The number of likely N-dealkylation sites (N-methyl/N-ethyl adjacent to an activating group) is 3. The zero-order valence-electron chi connectivity index (χ0n) is 69.1. The van der Waals surface area contributed by atoms with Crippen molar-refractivity contribution in [3.63, 3.8) is 0 Å². The second-order valence-corrected chi connectivity index (χ2v) is 31.7. The molecule has 0 aliphatic carbocycles. The Morgan fingerprint density at radius 1 is 0.341 bits per heavy atom. The average molecular weight is 1660 g/mol. The molecule has 620 valence electrons. The molecule has 4 aromatic carbocycles. The van der Waals surface area contributed by atoms with Crippen molar-refractivity contribution in [3.8, 4) is 45.6 Å². The summed E-state index contributed by atoms with van der Waals surface area (Å²) >= 11 is 1.54. The zero-order chi connectivity index (χ0) is 84.9. The lowest BCUT2D eigenvalue weighted by molar-refractivity contribution is 0.0652. The number of thiophene rings is 1. The van der Waals surface area contributed by atoms with Gasteiger partial charge in [-0.2, -0.15) is 0 Å². The number of amides is 4. The summed E-state index contributed by atoms with van der Waals surface area (Å²) in [6.45, 7) is 14.3. The number of nitrogens with zero attached hydrogens (tertiary/aromatic N) is 19. The Labute approximate surface area is 714 Å². The van der Waals surface area contributed by atoms with Crippen LogP contribution in [0.3, 0.4) is 0 Å². The van der Waals surface area contributed by atoms with Gasteiger partial charge in [0.05, 0.1) is 50.4 Å². The van der Waals surface area contributed by atoms with E-state index < -0.39 is 0 Å². The number of nitrogens with one attached hydrogen (secondary N) is 7. The lowest BCUT2D eigenvalue weighted by atomic mass is 10.0. The topological polar surface area (TPSA) is 341 Å². The first-order valence-corrected chi connectivity index (χ1v) is 41.4. The highest BCUT2D eigenvalue weighted by Gasteiger charge is 2.26. The van der Waals surface area contributed by atoms with Crippen molar-refractivity contribution in [2.75, 3.05) is 135 Å². The first kappa shape index (κ1) is 82.1. The van der Waals surface area contributed by atoms with Crippen LogP contribution < -0.4 is 21.3 Å². The molecule has 123 heavy (non-hydrogen) atoms. The molecule has 16 aromatic rings. The van der Waals surface area contributed by atoms with Crippen LogP contribution in [0.4, 0.5) is 46.5 Å². The highest BCUT2D eigenvalue weighted by atomic mass is 32.1. The number of pyridine rings is 4. The molecule has 0 unspecified atom stereocenters. The van der Waals surface area contributed by atoms with Crippen LogP contribution in [0.1, 0.15) is 66.5 Å². The van der Waals surface area contributed by atoms with Crippen molar-refractivity contribution >= 4 is 124 Å². The Bertz CT molecular complexity index is 6200. The minimum atomic E-state index is -0.0629. The summed E-state index contributed by atoms with van der Waals surface area (Å²) in [7, 11) is 9.71. The quantitative estimate of drug-likeness (QED) is 0.0445. The van der Waals surface area contributed by atoms with Crippen molar-refractivity contribution in [2.24, 2.45) is 0 Å². The van der Waals surface area contributed by atoms with Crippen LogP contribution >= 0.6 is 11.3 Å². The molecular formula is C92H92N26O4S. The molecule has 19 rings (SSSR count). The third kappa shape index (κ3) is 20.4. The summed E-state index contributed by atoms with van der Waals surface area (Å²) in [5.74, 6) is 2.54. The SMILES string of the molecule is CC(C)c1ccnc(-c2ccnc(Nc3ccc4[nH]c(C(=O)N5CCN(C)CC5)cc4c3)n2)c1.CN(C)C(=O)c1cc2ccc(Nc3nccc(-c4ccccn4)n3)cc2[nH]1.CN1CCN(C(=O)c2cc3cc(Nc4nccc(-c5ccccn5)n4)ccc3s2)CC1.CN1CCN(C(=O)c2cc3ccc(Nc4nccc(-c5ccccn5)n4)cc3[nH]2)CC1. The number of aromatic nitrogens is 15. The molecule has 0 radical (unpaired) electrons. The number of H-pyrrole nitrogens is 3. The van der Waals surface area contributed by atoms with Gasteiger partial charge in [-0.25, -0.2) is 39.9 Å². The Kier molecular flexibility index (Phi) is 25.2. The molecule has 7 N–H and O–H groups in total. The van der Waals surface area contributed by atoms with Crippen LogP contribution in [0.2, 0.25) is 0 Å². The Morgan fingerprint density at radius 3 is 1.15 bits per heavy atom. The molecule has 3 aliphatic rings. The summed E-state index contributed by atoms with van der Waals surface area (Å²) < 4.78 is 1.09. The van der Waals surface area contributed by atoms with Crippen LogP contribution in [0.15, 0.2) is 238 Å². The van der Waals surface area contributed by atoms with E-state index in [0.29, 0.717) is 46.8 Å². The summed E-state index contributed by atoms with van der Waals surface area (Å²) in [5, 5.41) is 17.0. The maximum absolute atomic E-state index is 12.9. The molecule has 31 heteroatoms. The number of anilines is 8. The van der Waals surface area contributed by atoms with Crippen LogP contribution in [-0.2, 0) is 0 Å². The number of hydrogen-bond acceptors (Lipinski definition) is 24. The minimum absolute atomic E-state index is 0.0465. The van der Waals surface area contributed by atoms with E-state index in [1.165, 1.54) is 5.56 Å². The second kappa shape index (κ2) is 37.7. The lowest BCUT2D eigenvalue weighted by Gasteiger charge is -2.32. The Balaban J connectivity index is 0.000000122. The van der Waals surface area contributed by atoms with Crippen molar-refractivity contribution in [1.82, 2.24) is 109 Å². The van der Waals surface area contributed by atoms with Gasteiger partial charge in [-0.05, 0) is 196 Å². The van der Waals surface area contributed by atoms with Gasteiger partial charge < -0.3 is 70.5 Å². The molecule has 0 atom stereocenters. The van der Waals surface area contributed by atoms with Crippen molar-refractivity contribution in [1.29, 1.82) is 0 Å². The number of piperazine rings is 3. The van der Waals surface area contributed by atoms with E-state index in [9.17, 15) is 19.2 Å². The Morgan fingerprint density at radius 2 is 0.715 bits per heavy atom. The summed E-state index contributed by atoms with van der Waals surface area (Å²) in [5.41, 5.74) is 15.3. The van der Waals surface area contributed by atoms with E-state index in [-0.39, 0.29) is 23.6 Å². The minimum Gasteiger partial charge on any atom is -0.351 e. The van der Waals surface area contributed by atoms with Gasteiger partial charge in [-0.15, -0.1) is 11.3 Å². The van der Waals surface area contributed by atoms with E-state index in [2.05, 4.69) is 152 Å². The fraction of sp³-hybridized carbons (Fsp3) is 0.217. The van der Waals surface area contributed by atoms with Gasteiger partial charge in [0.1, 0.15) is 17.1 Å². The predicted octanol–water partition coefficient (Wildman–Crippen LogP) is 14.8. The van der Waals surface area contributed by atoms with Gasteiger partial charge in [-0.1, -0.05) is 44.2 Å². The molecule has 3 saturated heterocycles. The van der Waals surface area contributed by atoms with Crippen LogP contribution in [0, 0.1) is 0 Å². The van der Waals surface area contributed by atoms with Crippen LogP contribution in [0.25, 0.3) is 88.3 Å². The first-order valence-electron chi connectivity index (χ1n) is 40.6. The standard InChI is InChI=1S/C26H29N7O.C23H23N7O.C23H22N6OS.C20H18N6O/c1-17(2)18-6-8-27-23(15-18)22-7-9-28-26(31-22)29-20-4-5-21-19(14-20)16-24(30-21)25(34)33-12-10-32(3)11-13-33;1-29-10-12-30(13-11-29)22(31)21-14-16-5-6-17(15-20(16)27-21)26-23-25-9-7-19(28-23)18-4-2-3-8-24-18;1-28-10-12-29(13-11-28)22(30)21-15-16-14-17(5-6-20(16)31-21)26-23-25-9-7-19(27-23)18-4-2-3-8-24-18;1-26(2)19(27)18-11-13-6-7-14(12-17(13)24-18)23-20-22-10-8-16(25-20)15-5-3-4-9-21-15/h4-9,14-17,30H,10-13H2,1-3H3,(H,28,29,31);2-9,14-15,27H,10-13H2,1H3,(H,25,26,28);2-9,14-15H,10-13H2,1H3,(H,25,26,27);3-12,24H,1-2H3,(H,22,23,25). The normalized spacial score (nSPS) is 13.8. The fourth-order valence-electron chi connectivity index (χ4n) is 14.2. The maximum Gasteiger partial charge on any atom is 0.270 e. The van der Waals surface area contributed by atoms with E-state index in [1.807, 2.05) is 203 Å². The monoisotopic (exact) mass is 1660 g/mol. The molecular weight excluding hydrogens is 1570 g/mol. The van der Waals surface area contributed by atoms with E-state index in [4.69, 9.17) is 0 Å². The highest BCUT2D eigenvalue weighted by Crippen LogP contribution is 2.33. The number of hydrogen-bond donors (Lipinski definition) is 7. The number of fused-ring (bicyclic) bond motifs is 4. The van der Waals surface area contributed by atoms with Gasteiger partial charge in [0.2, 0.25) is 23.8 Å². The molecule has 3 fully saturated rings. The number of carbonyl (C=O) groups is 4. The molecule has 0 saturated carbocycles. The number of benzene rings is 4. The second-order valence-electron chi connectivity index (χ2n) is 30.6. The largest absolute Gasteiger partial charge is 0.351 e. The smallest absolute Gasteiger partial charge is 0.270 e. The zero-order valence-corrected chi connectivity index (χ0v) is 69.9. The molecule has 4 amide bonds. The fourth-order valence-corrected chi connectivity index (χ4v) is 15.2.